The monoisotopic (exact) mass is 663 g/mol. The van der Waals surface area contributed by atoms with Crippen LogP contribution in [0.2, 0.25) is 0 Å². The number of aromatic amines is 1. The highest BCUT2D eigenvalue weighted by Crippen LogP contribution is 2.66. The lowest BCUT2D eigenvalue weighted by molar-refractivity contribution is -0.0716. The number of nitrogens with one attached hydrogen (secondary N) is 1. The summed E-state index contributed by atoms with van der Waals surface area (Å²) in [4.78, 5) is 26.0. The molecule has 49 heavy (non-hydrogen) atoms. The van der Waals surface area contributed by atoms with Crippen molar-refractivity contribution in [2.75, 3.05) is 31.2 Å². The van der Waals surface area contributed by atoms with E-state index in [0.29, 0.717) is 52.6 Å². The fraction of sp³-hybridized carbons (Fsp3) is 0.417. The van der Waals surface area contributed by atoms with Crippen molar-refractivity contribution in [3.8, 4) is 29.0 Å². The third-order valence-electron chi connectivity index (χ3n) is 11.0. The van der Waals surface area contributed by atoms with Gasteiger partial charge in [0.1, 0.15) is 23.1 Å². The minimum Gasteiger partial charge on any atom is -0.443 e. The molecule has 13 heteroatoms. The summed E-state index contributed by atoms with van der Waals surface area (Å²) in [7, 11) is 0. The predicted octanol–water partition coefficient (Wildman–Crippen LogP) is 5.80. The Bertz CT molecular complexity index is 2230. The first-order chi connectivity index (χ1) is 23.6. The van der Waals surface area contributed by atoms with Gasteiger partial charge in [-0.2, -0.15) is 5.26 Å². The summed E-state index contributed by atoms with van der Waals surface area (Å²) in [6.45, 7) is 8.91. The molecule has 6 heterocycles. The lowest BCUT2D eigenvalue weighted by Gasteiger charge is -2.35. The molecule has 12 nitrogen and oxygen atoms in total. The average molecular weight is 664 g/mol. The zero-order chi connectivity index (χ0) is 33.7. The third kappa shape index (κ3) is 4.64. The molecule has 250 valence electrons. The van der Waals surface area contributed by atoms with Gasteiger partial charge in [-0.1, -0.05) is 25.1 Å². The lowest BCUT2D eigenvalue weighted by Crippen LogP contribution is -2.36. The largest absolute Gasteiger partial charge is 0.443 e. The molecule has 1 N–H and O–H groups in total. The highest BCUT2D eigenvalue weighted by molar-refractivity contribution is 5.82. The molecule has 0 unspecified atom stereocenters. The number of para-hydroxylation sites is 1. The van der Waals surface area contributed by atoms with Crippen molar-refractivity contribution in [3.63, 3.8) is 0 Å². The van der Waals surface area contributed by atoms with Crippen LogP contribution in [0.3, 0.4) is 0 Å². The Hall–Kier alpha value is -5.22. The van der Waals surface area contributed by atoms with Crippen molar-refractivity contribution < 1.29 is 23.1 Å². The zero-order valence-electron chi connectivity index (χ0n) is 27.3. The van der Waals surface area contributed by atoms with Crippen LogP contribution in [0, 0.1) is 28.0 Å². The van der Waals surface area contributed by atoms with Gasteiger partial charge >= 0.3 is 5.76 Å². The van der Waals surface area contributed by atoms with Gasteiger partial charge in [-0.05, 0) is 61.1 Å². The number of pyridine rings is 1. The third-order valence-corrected chi connectivity index (χ3v) is 11.0. The molecule has 0 amide bonds. The standard InChI is InChI=1S/C36H34FN7O5/c1-34(2)19-46-18-28(34)44-25-14-21(31-41-33(45)49-42-31)13-23(37)29(25)40-32(44)22-15-36(22)9-11-43(12-10-36)24-5-4-6-26-30(24)48-35(3,47-26)27-8-7-20(16-38)17-39-27/h4-8,13-14,17,22,28H,9-12,15,18-19H2,1-3H3,(H,41,42,45)/t22-,28+,35-/m0/s1. The molecule has 2 saturated heterocycles. The van der Waals surface area contributed by atoms with E-state index in [2.05, 4.69) is 50.6 Å². The first-order valence-corrected chi connectivity index (χ1v) is 16.6. The van der Waals surface area contributed by atoms with Crippen molar-refractivity contribution >= 4 is 16.7 Å². The van der Waals surface area contributed by atoms with E-state index in [-0.39, 0.29) is 28.6 Å². The number of piperidine rings is 1. The highest BCUT2D eigenvalue weighted by atomic mass is 19.1. The van der Waals surface area contributed by atoms with Crippen LogP contribution < -0.4 is 20.1 Å². The topological polar surface area (TPSA) is 144 Å². The van der Waals surface area contributed by atoms with Crippen molar-refractivity contribution in [1.29, 1.82) is 5.26 Å². The van der Waals surface area contributed by atoms with E-state index in [9.17, 15) is 10.1 Å². The Morgan fingerprint density at radius 1 is 1.10 bits per heavy atom. The summed E-state index contributed by atoms with van der Waals surface area (Å²) < 4.78 is 41.4. The number of H-pyrrole nitrogens is 1. The predicted molar refractivity (Wildman–Crippen MR) is 175 cm³/mol. The Balaban J connectivity index is 1.00. The number of anilines is 1. The molecule has 3 atom stereocenters. The number of hydrogen-bond acceptors (Lipinski definition) is 10. The van der Waals surface area contributed by atoms with Gasteiger partial charge < -0.3 is 23.7 Å². The van der Waals surface area contributed by atoms with E-state index >= 15 is 4.39 Å². The second kappa shape index (κ2) is 10.4. The molecule has 3 aliphatic heterocycles. The molecule has 4 aliphatic rings. The molecule has 3 aromatic heterocycles. The smallest absolute Gasteiger partial charge is 0.439 e. The summed E-state index contributed by atoms with van der Waals surface area (Å²) >= 11 is 0. The van der Waals surface area contributed by atoms with Gasteiger partial charge in [-0.15, -0.1) is 0 Å². The van der Waals surface area contributed by atoms with E-state index < -0.39 is 17.4 Å². The molecule has 1 spiro atoms. The van der Waals surface area contributed by atoms with Crippen molar-refractivity contribution in [3.05, 3.63) is 82.1 Å². The fourth-order valence-corrected chi connectivity index (χ4v) is 8.07. The van der Waals surface area contributed by atoms with Gasteiger partial charge in [-0.25, -0.2) is 14.2 Å². The maximum absolute atomic E-state index is 15.8. The molecule has 3 fully saturated rings. The van der Waals surface area contributed by atoms with Gasteiger partial charge in [0.25, 0.3) is 5.79 Å². The van der Waals surface area contributed by atoms with E-state index in [1.165, 1.54) is 12.3 Å². The van der Waals surface area contributed by atoms with Gasteiger partial charge in [0, 0.05) is 43.1 Å². The number of rotatable bonds is 5. The van der Waals surface area contributed by atoms with Crippen LogP contribution in [0.25, 0.3) is 22.4 Å². The Labute approximate surface area is 280 Å². The van der Waals surface area contributed by atoms with Crippen molar-refractivity contribution in [2.24, 2.45) is 10.8 Å². The number of imidazole rings is 1. The maximum Gasteiger partial charge on any atom is 0.439 e. The van der Waals surface area contributed by atoms with Crippen molar-refractivity contribution in [1.82, 2.24) is 24.7 Å². The minimum absolute atomic E-state index is 0.0415. The summed E-state index contributed by atoms with van der Waals surface area (Å²) in [5.74, 6) is 0.290. The zero-order valence-corrected chi connectivity index (χ0v) is 27.3. The SMILES string of the molecule is CC1(C)COC[C@H]1n1c([C@@H]2CC23CCN(c2cccc4c2O[C@@](C)(c2ccc(C#N)cn2)O4)CC3)nc2c(F)cc(-c3noc(=O)[nH]3)cc21. The van der Waals surface area contributed by atoms with Crippen LogP contribution in [0.4, 0.5) is 10.1 Å². The number of nitrogens with zero attached hydrogens (tertiary/aromatic N) is 6. The Morgan fingerprint density at radius 3 is 2.63 bits per heavy atom. The summed E-state index contributed by atoms with van der Waals surface area (Å²) in [6, 6.07) is 14.7. The second-order valence-corrected chi connectivity index (χ2v) is 14.5. The average Bonchev–Trinajstić information content (AvgIpc) is 3.52. The summed E-state index contributed by atoms with van der Waals surface area (Å²) in [5.41, 5.74) is 3.28. The van der Waals surface area contributed by atoms with Gasteiger partial charge in [0.15, 0.2) is 23.1 Å². The first-order valence-electron chi connectivity index (χ1n) is 16.6. The van der Waals surface area contributed by atoms with E-state index in [4.69, 9.17) is 23.7 Å². The molecule has 9 rings (SSSR count). The lowest BCUT2D eigenvalue weighted by atomic mass is 9.86. The van der Waals surface area contributed by atoms with E-state index in [1.807, 2.05) is 25.1 Å². The number of aromatic nitrogens is 5. The molecular weight excluding hydrogens is 629 g/mol. The minimum atomic E-state index is -1.11. The number of halogens is 1. The van der Waals surface area contributed by atoms with Crippen molar-refractivity contribution in [2.45, 2.75) is 57.8 Å². The number of benzene rings is 2. The van der Waals surface area contributed by atoms with Gasteiger partial charge in [0.2, 0.25) is 0 Å². The van der Waals surface area contributed by atoms with Crippen LogP contribution >= 0.6 is 0 Å². The fourth-order valence-electron chi connectivity index (χ4n) is 8.07. The molecule has 1 aliphatic carbocycles. The molecule has 0 bridgehead atoms. The second-order valence-electron chi connectivity index (χ2n) is 14.5. The number of nitriles is 1. The molecular formula is C36H34FN7O5. The molecule has 0 radical (unpaired) electrons. The van der Waals surface area contributed by atoms with Gasteiger partial charge in [-0.3, -0.25) is 14.5 Å². The summed E-state index contributed by atoms with van der Waals surface area (Å²) in [5, 5.41) is 13.0. The maximum atomic E-state index is 15.8. The number of ether oxygens (including phenoxy) is 3. The number of hydrogen-bond donors (Lipinski definition) is 1. The van der Waals surface area contributed by atoms with Crippen LogP contribution in [0.5, 0.6) is 11.5 Å². The first kappa shape index (κ1) is 29.9. The van der Waals surface area contributed by atoms with Crippen LogP contribution in [-0.4, -0.2) is 51.0 Å². The normalized spacial score (nSPS) is 24.8. The quantitative estimate of drug-likeness (QED) is 0.245. The Kier molecular flexibility index (Phi) is 6.34. The van der Waals surface area contributed by atoms with Crippen LogP contribution in [0.15, 0.2) is 58.0 Å². The van der Waals surface area contributed by atoms with Crippen LogP contribution in [0.1, 0.15) is 69.1 Å². The van der Waals surface area contributed by atoms with Gasteiger partial charge in [0.05, 0.1) is 36.0 Å². The van der Waals surface area contributed by atoms with E-state index in [0.717, 1.165) is 43.9 Å². The van der Waals surface area contributed by atoms with Crippen LogP contribution in [-0.2, 0) is 10.5 Å². The molecule has 2 aromatic carbocycles. The highest BCUT2D eigenvalue weighted by Gasteiger charge is 2.58. The Morgan fingerprint density at radius 2 is 1.94 bits per heavy atom. The summed E-state index contributed by atoms with van der Waals surface area (Å²) in [6.07, 6.45) is 4.38. The number of fused-ring (bicyclic) bond motifs is 2. The van der Waals surface area contributed by atoms with E-state index in [1.54, 1.807) is 12.1 Å². The molecule has 1 saturated carbocycles. The molecule has 5 aromatic rings.